The Morgan fingerprint density at radius 3 is 3.08 bits per heavy atom. The minimum absolute atomic E-state index is 0.0345. The lowest BCUT2D eigenvalue weighted by Gasteiger charge is -2.00. The lowest BCUT2D eigenvalue weighted by atomic mass is 10.1. The molecule has 0 saturated carbocycles. The van der Waals surface area contributed by atoms with Gasteiger partial charge in [0.15, 0.2) is 5.78 Å². The molecule has 68 valence electrons. The van der Waals surface area contributed by atoms with Crippen LogP contribution in [0.2, 0.25) is 5.02 Å². The lowest BCUT2D eigenvalue weighted by Crippen LogP contribution is -1.99. The summed E-state index contributed by atoms with van der Waals surface area (Å²) in [4.78, 5) is 15.3. The molecule has 2 nitrogen and oxygen atoms in total. The van der Waals surface area contributed by atoms with E-state index in [4.69, 9.17) is 11.6 Å². The van der Waals surface area contributed by atoms with Crippen LogP contribution in [-0.4, -0.2) is 10.8 Å². The van der Waals surface area contributed by atoms with Crippen LogP contribution in [-0.2, 0) is 0 Å². The van der Waals surface area contributed by atoms with Crippen LogP contribution >= 0.6 is 11.6 Å². The number of hydrogen-bond donors (Lipinski definition) is 0. The largest absolute Gasteiger partial charge is 0.294 e. The minimum atomic E-state index is 0.0345. The van der Waals surface area contributed by atoms with Crippen molar-refractivity contribution in [3.8, 4) is 0 Å². The quantitative estimate of drug-likeness (QED) is 0.546. The summed E-state index contributed by atoms with van der Waals surface area (Å²) in [5, 5.41) is 0.413. The van der Waals surface area contributed by atoms with Gasteiger partial charge < -0.3 is 0 Å². The van der Waals surface area contributed by atoms with Crippen molar-refractivity contribution in [3.63, 3.8) is 0 Å². The maximum atomic E-state index is 11.5. The zero-order chi connectivity index (χ0) is 9.68. The molecule has 1 heterocycles. The van der Waals surface area contributed by atoms with E-state index in [1.807, 2.05) is 0 Å². The fraction of sp³-hybridized carbons (Fsp3) is 0.200. The number of Topliss-reactive ketones (excluding diaryl/α,β-unsaturated/α-hetero) is 1. The number of hydrogen-bond acceptors (Lipinski definition) is 2. The summed E-state index contributed by atoms with van der Waals surface area (Å²) in [6.07, 6.45) is 5.88. The first-order valence-electron chi connectivity index (χ1n) is 3.99. The minimum Gasteiger partial charge on any atom is -0.294 e. The molecule has 3 heteroatoms. The average molecular weight is 196 g/mol. The molecule has 0 fully saturated rings. The Balaban J connectivity index is 2.76. The first-order valence-corrected chi connectivity index (χ1v) is 4.37. The molecule has 0 bridgehead atoms. The molecule has 0 radical (unpaired) electrons. The molecule has 1 aromatic heterocycles. The van der Waals surface area contributed by atoms with Crippen LogP contribution in [0.15, 0.2) is 31.1 Å². The number of halogens is 1. The summed E-state index contributed by atoms with van der Waals surface area (Å²) in [7, 11) is 0. The van der Waals surface area contributed by atoms with E-state index >= 15 is 0 Å². The van der Waals surface area contributed by atoms with Crippen LogP contribution in [0.4, 0.5) is 0 Å². The number of allylic oxidation sites excluding steroid dienone is 1. The van der Waals surface area contributed by atoms with Crippen LogP contribution in [0.5, 0.6) is 0 Å². The number of ketones is 1. The second-order valence-electron chi connectivity index (χ2n) is 2.61. The summed E-state index contributed by atoms with van der Waals surface area (Å²) in [5.41, 5.74) is 0.540. The summed E-state index contributed by atoms with van der Waals surface area (Å²) < 4.78 is 0. The van der Waals surface area contributed by atoms with E-state index in [-0.39, 0.29) is 5.78 Å². The number of aromatic nitrogens is 1. The van der Waals surface area contributed by atoms with Gasteiger partial charge in [-0.05, 0) is 12.5 Å². The molecular formula is C10H10ClNO. The van der Waals surface area contributed by atoms with Gasteiger partial charge in [-0.15, -0.1) is 6.58 Å². The van der Waals surface area contributed by atoms with Gasteiger partial charge >= 0.3 is 0 Å². The second-order valence-corrected chi connectivity index (χ2v) is 3.01. The highest BCUT2D eigenvalue weighted by Crippen LogP contribution is 2.15. The van der Waals surface area contributed by atoms with Gasteiger partial charge in [-0.1, -0.05) is 17.7 Å². The van der Waals surface area contributed by atoms with E-state index in [1.54, 1.807) is 18.3 Å². The molecular weight excluding hydrogens is 186 g/mol. The van der Waals surface area contributed by atoms with E-state index in [2.05, 4.69) is 11.6 Å². The first-order chi connectivity index (χ1) is 6.25. The summed E-state index contributed by atoms with van der Waals surface area (Å²) in [6, 6.07) is 1.63. The van der Waals surface area contributed by atoms with Crippen LogP contribution in [0.3, 0.4) is 0 Å². The molecule has 1 aromatic rings. The maximum absolute atomic E-state index is 11.5. The molecule has 1 rings (SSSR count). The molecule has 0 aromatic carbocycles. The molecule has 0 aliphatic carbocycles. The fourth-order valence-electron chi connectivity index (χ4n) is 0.969. The Morgan fingerprint density at radius 2 is 2.46 bits per heavy atom. The van der Waals surface area contributed by atoms with Crippen LogP contribution in [0.1, 0.15) is 23.2 Å². The third kappa shape index (κ3) is 2.67. The van der Waals surface area contributed by atoms with Crippen LogP contribution in [0.25, 0.3) is 0 Å². The molecule has 0 saturated heterocycles. The van der Waals surface area contributed by atoms with E-state index in [9.17, 15) is 4.79 Å². The van der Waals surface area contributed by atoms with Crippen molar-refractivity contribution in [2.24, 2.45) is 0 Å². The molecule has 0 N–H and O–H groups in total. The number of rotatable bonds is 4. The number of carbonyl (C=O) groups is 1. The summed E-state index contributed by atoms with van der Waals surface area (Å²) in [6.45, 7) is 3.55. The molecule has 0 aliphatic heterocycles. The topological polar surface area (TPSA) is 30.0 Å². The Bertz CT molecular complexity index is 322. The van der Waals surface area contributed by atoms with Crippen LogP contribution in [0, 0.1) is 0 Å². The third-order valence-corrected chi connectivity index (χ3v) is 1.95. The van der Waals surface area contributed by atoms with Gasteiger partial charge in [0, 0.05) is 24.4 Å². The standard InChI is InChI=1S/C10H10ClNO/c1-2-3-4-10(13)8-5-6-12-7-9(8)11/h2,5-7H,1,3-4H2. The Hall–Kier alpha value is -1.15. The van der Waals surface area contributed by atoms with Crippen LogP contribution < -0.4 is 0 Å². The van der Waals surface area contributed by atoms with Crippen molar-refractivity contribution in [2.75, 3.05) is 0 Å². The first kappa shape index (κ1) is 9.93. The van der Waals surface area contributed by atoms with Gasteiger partial charge in [-0.3, -0.25) is 9.78 Å². The molecule has 0 atom stereocenters. The fourth-order valence-corrected chi connectivity index (χ4v) is 1.19. The normalized spacial score (nSPS) is 9.62. The third-order valence-electron chi connectivity index (χ3n) is 1.65. The Labute approximate surface area is 82.3 Å². The van der Waals surface area contributed by atoms with Gasteiger partial charge in [-0.25, -0.2) is 0 Å². The van der Waals surface area contributed by atoms with Crippen molar-refractivity contribution >= 4 is 17.4 Å². The molecule has 0 unspecified atom stereocenters. The van der Waals surface area contributed by atoms with E-state index in [0.29, 0.717) is 23.4 Å². The zero-order valence-electron chi connectivity index (χ0n) is 7.16. The Kier molecular flexibility index (Phi) is 3.65. The highest BCUT2D eigenvalue weighted by atomic mass is 35.5. The summed E-state index contributed by atoms with van der Waals surface area (Å²) in [5.74, 6) is 0.0345. The van der Waals surface area contributed by atoms with Gasteiger partial charge in [0.05, 0.1) is 5.02 Å². The predicted octanol–water partition coefficient (Wildman–Crippen LogP) is 2.88. The van der Waals surface area contributed by atoms with Crippen molar-refractivity contribution in [1.29, 1.82) is 0 Å². The lowest BCUT2D eigenvalue weighted by molar-refractivity contribution is 0.0984. The van der Waals surface area contributed by atoms with Crippen molar-refractivity contribution in [1.82, 2.24) is 4.98 Å². The molecule has 0 spiro atoms. The highest BCUT2D eigenvalue weighted by molar-refractivity contribution is 6.33. The monoisotopic (exact) mass is 195 g/mol. The summed E-state index contributed by atoms with van der Waals surface area (Å²) >= 11 is 5.79. The van der Waals surface area contributed by atoms with E-state index < -0.39 is 0 Å². The van der Waals surface area contributed by atoms with E-state index in [0.717, 1.165) is 0 Å². The number of nitrogens with zero attached hydrogens (tertiary/aromatic N) is 1. The predicted molar refractivity (Wildman–Crippen MR) is 53.0 cm³/mol. The van der Waals surface area contributed by atoms with E-state index in [1.165, 1.54) is 6.20 Å². The van der Waals surface area contributed by atoms with Crippen molar-refractivity contribution < 1.29 is 4.79 Å². The van der Waals surface area contributed by atoms with Gasteiger partial charge in [0.1, 0.15) is 0 Å². The number of carbonyl (C=O) groups excluding carboxylic acids is 1. The Morgan fingerprint density at radius 1 is 1.69 bits per heavy atom. The maximum Gasteiger partial charge on any atom is 0.164 e. The van der Waals surface area contributed by atoms with Gasteiger partial charge in [0.2, 0.25) is 0 Å². The second kappa shape index (κ2) is 4.77. The molecule has 0 aliphatic rings. The SMILES string of the molecule is C=CCCC(=O)c1ccncc1Cl. The van der Waals surface area contributed by atoms with Crippen molar-refractivity contribution in [3.05, 3.63) is 41.7 Å². The highest BCUT2D eigenvalue weighted by Gasteiger charge is 2.08. The molecule has 13 heavy (non-hydrogen) atoms. The number of pyridine rings is 1. The van der Waals surface area contributed by atoms with Crippen molar-refractivity contribution in [2.45, 2.75) is 12.8 Å². The van der Waals surface area contributed by atoms with Gasteiger partial charge in [0.25, 0.3) is 0 Å². The average Bonchev–Trinajstić information content (AvgIpc) is 2.15. The molecule has 0 amide bonds. The zero-order valence-corrected chi connectivity index (χ0v) is 7.92. The van der Waals surface area contributed by atoms with Gasteiger partial charge in [-0.2, -0.15) is 0 Å². The smallest absolute Gasteiger partial charge is 0.164 e.